The zero-order valence-electron chi connectivity index (χ0n) is 16.5. The summed E-state index contributed by atoms with van der Waals surface area (Å²) < 4.78 is 43.7. The molecule has 3 aromatic rings. The highest BCUT2D eigenvalue weighted by Gasteiger charge is 2.40. The van der Waals surface area contributed by atoms with Gasteiger partial charge in [0.2, 0.25) is 0 Å². The second kappa shape index (κ2) is 8.10. The summed E-state index contributed by atoms with van der Waals surface area (Å²) in [5.41, 5.74) is 0.756. The highest BCUT2D eigenvalue weighted by molar-refractivity contribution is 5.85. The van der Waals surface area contributed by atoms with Gasteiger partial charge in [-0.3, -0.25) is 4.40 Å². The Hall–Kier alpha value is -2.28. The van der Waals surface area contributed by atoms with Crippen molar-refractivity contribution in [2.75, 3.05) is 18.0 Å². The number of halogens is 4. The number of piperidine rings is 1. The fourth-order valence-corrected chi connectivity index (χ4v) is 4.43. The van der Waals surface area contributed by atoms with Gasteiger partial charge in [0.1, 0.15) is 11.4 Å². The maximum absolute atomic E-state index is 14.1. The van der Waals surface area contributed by atoms with Crippen LogP contribution in [0, 0.1) is 5.92 Å². The Bertz CT molecular complexity index is 1010. The van der Waals surface area contributed by atoms with Crippen molar-refractivity contribution in [3.05, 3.63) is 59.5 Å². The molecule has 1 saturated carbocycles. The Kier molecular flexibility index (Phi) is 5.66. The van der Waals surface area contributed by atoms with Gasteiger partial charge >= 0.3 is 6.18 Å². The highest BCUT2D eigenvalue weighted by atomic mass is 35.5. The molecule has 1 saturated heterocycles. The monoisotopic (exact) mass is 436 g/mol. The van der Waals surface area contributed by atoms with E-state index in [0.29, 0.717) is 37.2 Å². The maximum atomic E-state index is 14.1. The molecule has 2 fully saturated rings. The van der Waals surface area contributed by atoms with Crippen LogP contribution in [0.3, 0.4) is 0 Å². The van der Waals surface area contributed by atoms with Crippen molar-refractivity contribution in [3.8, 4) is 0 Å². The summed E-state index contributed by atoms with van der Waals surface area (Å²) >= 11 is 0. The lowest BCUT2D eigenvalue weighted by molar-refractivity contribution is -0.136. The van der Waals surface area contributed by atoms with Crippen LogP contribution >= 0.6 is 12.4 Å². The van der Waals surface area contributed by atoms with Crippen molar-refractivity contribution < 1.29 is 13.2 Å². The summed E-state index contributed by atoms with van der Waals surface area (Å²) in [4.78, 5) is 1.86. The molecule has 5 rings (SSSR count). The standard InChI is InChI=1S/C22H23F3N4.ClH/c23-22(24,25)20-18(10-13-29-19(14-15-6-7-15)26-27-21(20)29)28-11-8-17(9-12-28)16-4-2-1-3-5-16;/h1-5,10,13,15,17H,6-9,11-12,14H2;1H. The molecule has 1 aliphatic carbocycles. The fourth-order valence-electron chi connectivity index (χ4n) is 4.43. The number of rotatable bonds is 4. The van der Waals surface area contributed by atoms with Gasteiger partial charge in [-0.2, -0.15) is 13.2 Å². The van der Waals surface area contributed by atoms with E-state index in [4.69, 9.17) is 0 Å². The molecule has 0 bridgehead atoms. The van der Waals surface area contributed by atoms with E-state index in [-0.39, 0.29) is 23.7 Å². The van der Waals surface area contributed by atoms with Crippen LogP contribution in [0.1, 0.15) is 48.6 Å². The highest BCUT2D eigenvalue weighted by Crippen LogP contribution is 2.41. The van der Waals surface area contributed by atoms with Crippen molar-refractivity contribution in [3.63, 3.8) is 0 Å². The molecule has 8 heteroatoms. The van der Waals surface area contributed by atoms with Gasteiger partial charge < -0.3 is 4.90 Å². The van der Waals surface area contributed by atoms with Crippen molar-refractivity contribution >= 4 is 23.7 Å². The number of anilines is 1. The first kappa shape index (κ1) is 21.0. The zero-order valence-corrected chi connectivity index (χ0v) is 17.3. The minimum atomic E-state index is -4.47. The number of fused-ring (bicyclic) bond motifs is 1. The Morgan fingerprint density at radius 1 is 0.933 bits per heavy atom. The molecule has 0 atom stereocenters. The number of hydrogen-bond donors (Lipinski definition) is 0. The summed E-state index contributed by atoms with van der Waals surface area (Å²) in [5.74, 6) is 1.56. The molecule has 2 aromatic heterocycles. The first-order valence-electron chi connectivity index (χ1n) is 10.2. The van der Waals surface area contributed by atoms with Gasteiger partial charge in [0.15, 0.2) is 5.65 Å². The van der Waals surface area contributed by atoms with E-state index in [9.17, 15) is 13.2 Å². The number of hydrogen-bond acceptors (Lipinski definition) is 3. The molecule has 0 spiro atoms. The van der Waals surface area contributed by atoms with Gasteiger partial charge in [-0.15, -0.1) is 22.6 Å². The third-order valence-electron chi connectivity index (χ3n) is 6.19. The van der Waals surface area contributed by atoms with E-state index >= 15 is 0 Å². The lowest BCUT2D eigenvalue weighted by atomic mass is 9.89. The van der Waals surface area contributed by atoms with Crippen LogP contribution in [0.2, 0.25) is 0 Å². The van der Waals surface area contributed by atoms with Gasteiger partial charge in [0, 0.05) is 25.7 Å². The lowest BCUT2D eigenvalue weighted by Crippen LogP contribution is -2.34. The van der Waals surface area contributed by atoms with E-state index in [1.54, 1.807) is 12.3 Å². The SMILES string of the molecule is Cl.FC(F)(F)c1c(N2CCC(c3ccccc3)CC2)ccn2c(CC3CC3)nnc12. The summed E-state index contributed by atoms with van der Waals surface area (Å²) in [6.07, 6.45) is 1.85. The van der Waals surface area contributed by atoms with Gasteiger partial charge in [-0.05, 0) is 49.1 Å². The van der Waals surface area contributed by atoms with Gasteiger partial charge in [0.25, 0.3) is 0 Å². The quantitative estimate of drug-likeness (QED) is 0.541. The Balaban J connectivity index is 0.00000218. The molecule has 2 aliphatic rings. The first-order chi connectivity index (χ1) is 14.0. The minimum Gasteiger partial charge on any atom is -0.371 e. The smallest absolute Gasteiger partial charge is 0.371 e. The Morgan fingerprint density at radius 3 is 2.27 bits per heavy atom. The molecule has 160 valence electrons. The van der Waals surface area contributed by atoms with Crippen LogP contribution in [-0.4, -0.2) is 27.7 Å². The normalized spacial score (nSPS) is 17.9. The second-order valence-corrected chi connectivity index (χ2v) is 8.20. The van der Waals surface area contributed by atoms with Crippen LogP contribution in [0.25, 0.3) is 5.65 Å². The average molecular weight is 437 g/mol. The van der Waals surface area contributed by atoms with Crippen LogP contribution in [0.15, 0.2) is 42.6 Å². The average Bonchev–Trinajstić information content (AvgIpc) is 3.46. The third-order valence-corrected chi connectivity index (χ3v) is 6.19. The van der Waals surface area contributed by atoms with Crippen LogP contribution in [0.5, 0.6) is 0 Å². The summed E-state index contributed by atoms with van der Waals surface area (Å²) in [7, 11) is 0. The molecule has 0 N–H and O–H groups in total. The maximum Gasteiger partial charge on any atom is 0.422 e. The number of pyridine rings is 1. The van der Waals surface area contributed by atoms with Crippen LogP contribution < -0.4 is 4.90 Å². The zero-order chi connectivity index (χ0) is 20.0. The predicted molar refractivity (Wildman–Crippen MR) is 112 cm³/mol. The number of nitrogens with zero attached hydrogens (tertiary/aromatic N) is 4. The van der Waals surface area contributed by atoms with Crippen LogP contribution in [0.4, 0.5) is 18.9 Å². The Morgan fingerprint density at radius 2 is 1.63 bits per heavy atom. The number of aromatic nitrogens is 3. The van der Waals surface area contributed by atoms with E-state index in [0.717, 1.165) is 25.7 Å². The predicted octanol–water partition coefficient (Wildman–Crippen LogP) is 5.51. The van der Waals surface area contributed by atoms with Gasteiger partial charge in [0.05, 0.1) is 5.69 Å². The molecule has 30 heavy (non-hydrogen) atoms. The molecule has 1 aromatic carbocycles. The van der Waals surface area contributed by atoms with Gasteiger partial charge in [-0.25, -0.2) is 0 Å². The summed E-state index contributed by atoms with van der Waals surface area (Å²) in [5, 5.41) is 8.03. The minimum absolute atomic E-state index is 0. The fraction of sp³-hybridized carbons (Fsp3) is 0.455. The van der Waals surface area contributed by atoms with Crippen molar-refractivity contribution in [1.82, 2.24) is 14.6 Å². The van der Waals surface area contributed by atoms with Crippen molar-refractivity contribution in [1.29, 1.82) is 0 Å². The van der Waals surface area contributed by atoms with Crippen molar-refractivity contribution in [2.45, 2.75) is 44.2 Å². The molecule has 0 amide bonds. The molecule has 4 nitrogen and oxygen atoms in total. The molecule has 1 aliphatic heterocycles. The van der Waals surface area contributed by atoms with Crippen LogP contribution in [-0.2, 0) is 12.6 Å². The van der Waals surface area contributed by atoms with E-state index in [1.165, 1.54) is 9.96 Å². The topological polar surface area (TPSA) is 33.4 Å². The first-order valence-corrected chi connectivity index (χ1v) is 10.2. The summed E-state index contributed by atoms with van der Waals surface area (Å²) in [6.45, 7) is 1.20. The number of alkyl halides is 3. The molecule has 0 unspecified atom stereocenters. The van der Waals surface area contributed by atoms with E-state index < -0.39 is 11.7 Å². The van der Waals surface area contributed by atoms with E-state index in [2.05, 4.69) is 22.3 Å². The molecule has 0 radical (unpaired) electrons. The third kappa shape index (κ3) is 4.00. The largest absolute Gasteiger partial charge is 0.422 e. The number of benzene rings is 1. The molecule has 3 heterocycles. The molecular weight excluding hydrogens is 413 g/mol. The lowest BCUT2D eigenvalue weighted by Gasteiger charge is -2.35. The Labute approximate surface area is 179 Å². The second-order valence-electron chi connectivity index (χ2n) is 8.20. The van der Waals surface area contributed by atoms with Gasteiger partial charge in [-0.1, -0.05) is 30.3 Å². The molecular formula is C22H24ClF3N4. The van der Waals surface area contributed by atoms with E-state index in [1.807, 2.05) is 23.1 Å². The summed E-state index contributed by atoms with van der Waals surface area (Å²) in [6, 6.07) is 11.8. The van der Waals surface area contributed by atoms with Crippen molar-refractivity contribution in [2.24, 2.45) is 5.92 Å².